The quantitative estimate of drug-likeness (QED) is 0.871. The van der Waals surface area contributed by atoms with Gasteiger partial charge in [-0.25, -0.2) is 17.9 Å². The molecule has 2 N–H and O–H groups in total. The molecular formula is C14H13ClN2O4S. The van der Waals surface area contributed by atoms with Gasteiger partial charge in [-0.1, -0.05) is 11.6 Å². The molecule has 0 aliphatic carbocycles. The first-order valence-electron chi connectivity index (χ1n) is 6.26. The molecule has 1 unspecified atom stereocenters. The van der Waals surface area contributed by atoms with Crippen molar-refractivity contribution in [3.05, 3.63) is 58.9 Å². The molecule has 1 atom stereocenters. The first-order chi connectivity index (χ1) is 10.3. The molecule has 22 heavy (non-hydrogen) atoms. The van der Waals surface area contributed by atoms with Crippen LogP contribution in [-0.2, 0) is 10.0 Å². The minimum Gasteiger partial charge on any atom is -0.478 e. The van der Waals surface area contributed by atoms with E-state index in [1.165, 1.54) is 12.1 Å². The number of hydrogen-bond donors (Lipinski definition) is 2. The van der Waals surface area contributed by atoms with Gasteiger partial charge in [0.05, 0.1) is 15.5 Å². The third-order valence-electron chi connectivity index (χ3n) is 3.02. The van der Waals surface area contributed by atoms with Gasteiger partial charge in [-0.05, 0) is 42.8 Å². The second kappa shape index (κ2) is 6.43. The van der Waals surface area contributed by atoms with Crippen LogP contribution in [0.25, 0.3) is 0 Å². The summed E-state index contributed by atoms with van der Waals surface area (Å²) < 4.78 is 27.2. The molecule has 0 bridgehead atoms. The number of hydrogen-bond acceptors (Lipinski definition) is 4. The van der Waals surface area contributed by atoms with Crippen LogP contribution in [0.15, 0.2) is 47.6 Å². The number of nitrogens with one attached hydrogen (secondary N) is 1. The Hall–Kier alpha value is -1.96. The molecule has 1 heterocycles. The van der Waals surface area contributed by atoms with Crippen molar-refractivity contribution in [1.29, 1.82) is 0 Å². The number of rotatable bonds is 5. The number of carboxylic acids is 1. The number of halogens is 1. The van der Waals surface area contributed by atoms with Crippen LogP contribution in [0.5, 0.6) is 0 Å². The molecule has 0 spiro atoms. The first-order valence-corrected chi connectivity index (χ1v) is 8.12. The SMILES string of the molecule is CC(NS(=O)(=O)c1ccc(Cl)c(C(=O)O)c1)c1ccncc1. The first kappa shape index (κ1) is 16.4. The van der Waals surface area contributed by atoms with Crippen LogP contribution in [0.4, 0.5) is 0 Å². The minimum atomic E-state index is -3.87. The lowest BCUT2D eigenvalue weighted by Gasteiger charge is -2.15. The van der Waals surface area contributed by atoms with Crippen molar-refractivity contribution in [3.8, 4) is 0 Å². The van der Waals surface area contributed by atoms with Crippen LogP contribution in [0, 0.1) is 0 Å². The maximum atomic E-state index is 12.3. The summed E-state index contributed by atoms with van der Waals surface area (Å²) in [6.45, 7) is 1.68. The summed E-state index contributed by atoms with van der Waals surface area (Å²) in [6.07, 6.45) is 3.12. The van der Waals surface area contributed by atoms with Crippen LogP contribution < -0.4 is 4.72 Å². The van der Waals surface area contributed by atoms with Gasteiger partial charge in [0.25, 0.3) is 0 Å². The molecule has 1 aromatic heterocycles. The summed E-state index contributed by atoms with van der Waals surface area (Å²) in [6, 6.07) is 6.44. The molecule has 0 aliphatic rings. The zero-order valence-electron chi connectivity index (χ0n) is 11.5. The third kappa shape index (κ3) is 3.62. The Morgan fingerprint density at radius 1 is 1.27 bits per heavy atom. The third-order valence-corrected chi connectivity index (χ3v) is 4.88. The van der Waals surface area contributed by atoms with Gasteiger partial charge in [-0.3, -0.25) is 4.98 Å². The molecular weight excluding hydrogens is 328 g/mol. The van der Waals surface area contributed by atoms with E-state index < -0.39 is 22.0 Å². The monoisotopic (exact) mass is 340 g/mol. The van der Waals surface area contributed by atoms with E-state index >= 15 is 0 Å². The molecule has 0 saturated carbocycles. The van der Waals surface area contributed by atoms with E-state index in [4.69, 9.17) is 16.7 Å². The van der Waals surface area contributed by atoms with E-state index in [0.29, 0.717) is 0 Å². The summed E-state index contributed by atoms with van der Waals surface area (Å²) >= 11 is 5.74. The highest BCUT2D eigenvalue weighted by Gasteiger charge is 2.21. The van der Waals surface area contributed by atoms with Gasteiger partial charge in [-0.2, -0.15) is 0 Å². The Labute approximate surface area is 132 Å². The lowest BCUT2D eigenvalue weighted by atomic mass is 10.1. The van der Waals surface area contributed by atoms with Crippen molar-refractivity contribution >= 4 is 27.6 Å². The maximum absolute atomic E-state index is 12.3. The number of carbonyl (C=O) groups is 1. The summed E-state index contributed by atoms with van der Waals surface area (Å²) in [5.74, 6) is -1.29. The second-order valence-electron chi connectivity index (χ2n) is 4.57. The Balaban J connectivity index is 2.31. The van der Waals surface area contributed by atoms with E-state index in [0.717, 1.165) is 11.6 Å². The number of sulfonamides is 1. The summed E-state index contributed by atoms with van der Waals surface area (Å²) in [4.78, 5) is 14.7. The lowest BCUT2D eigenvalue weighted by molar-refractivity contribution is 0.0697. The molecule has 0 aliphatic heterocycles. The molecule has 2 rings (SSSR count). The number of aromatic nitrogens is 1. The zero-order chi connectivity index (χ0) is 16.3. The Kier molecular flexibility index (Phi) is 4.80. The second-order valence-corrected chi connectivity index (χ2v) is 6.69. The van der Waals surface area contributed by atoms with Crippen molar-refractivity contribution in [1.82, 2.24) is 9.71 Å². The number of benzene rings is 1. The highest BCUT2D eigenvalue weighted by Crippen LogP contribution is 2.22. The lowest BCUT2D eigenvalue weighted by Crippen LogP contribution is -2.27. The fourth-order valence-electron chi connectivity index (χ4n) is 1.86. The molecule has 116 valence electrons. The molecule has 0 radical (unpaired) electrons. The van der Waals surface area contributed by atoms with Gasteiger partial charge in [-0.15, -0.1) is 0 Å². The predicted octanol–water partition coefficient (Wildman–Crippen LogP) is 2.47. The maximum Gasteiger partial charge on any atom is 0.337 e. The highest BCUT2D eigenvalue weighted by molar-refractivity contribution is 7.89. The van der Waals surface area contributed by atoms with Crippen LogP contribution in [-0.4, -0.2) is 24.5 Å². The van der Waals surface area contributed by atoms with Crippen LogP contribution in [0.2, 0.25) is 5.02 Å². The number of pyridine rings is 1. The molecule has 0 amide bonds. The Bertz CT molecular complexity index is 794. The fraction of sp³-hybridized carbons (Fsp3) is 0.143. The van der Waals surface area contributed by atoms with Crippen molar-refractivity contribution < 1.29 is 18.3 Å². The van der Waals surface area contributed by atoms with Crippen molar-refractivity contribution in [2.24, 2.45) is 0 Å². The molecule has 6 nitrogen and oxygen atoms in total. The average molecular weight is 341 g/mol. The van der Waals surface area contributed by atoms with E-state index in [2.05, 4.69) is 9.71 Å². The van der Waals surface area contributed by atoms with Gasteiger partial charge in [0.1, 0.15) is 0 Å². The van der Waals surface area contributed by atoms with Crippen molar-refractivity contribution in [2.75, 3.05) is 0 Å². The summed E-state index contributed by atoms with van der Waals surface area (Å²) in [7, 11) is -3.87. The molecule has 0 fully saturated rings. The smallest absolute Gasteiger partial charge is 0.337 e. The highest BCUT2D eigenvalue weighted by atomic mass is 35.5. The predicted molar refractivity (Wildman–Crippen MR) is 81.4 cm³/mol. The topological polar surface area (TPSA) is 96.4 Å². The van der Waals surface area contributed by atoms with Crippen molar-refractivity contribution in [2.45, 2.75) is 17.9 Å². The molecule has 1 aromatic carbocycles. The van der Waals surface area contributed by atoms with Crippen molar-refractivity contribution in [3.63, 3.8) is 0 Å². The summed E-state index contributed by atoms with van der Waals surface area (Å²) in [5.41, 5.74) is 0.479. The van der Waals surface area contributed by atoms with E-state index in [-0.39, 0.29) is 15.5 Å². The van der Waals surface area contributed by atoms with E-state index in [9.17, 15) is 13.2 Å². The van der Waals surface area contributed by atoms with Gasteiger partial charge in [0.15, 0.2) is 0 Å². The standard InChI is InChI=1S/C14H13ClN2O4S/c1-9(10-4-6-16-7-5-10)17-22(20,21)11-2-3-13(15)12(8-11)14(18)19/h2-9,17H,1H3,(H,18,19). The molecule has 8 heteroatoms. The van der Waals surface area contributed by atoms with Crippen LogP contribution in [0.1, 0.15) is 28.9 Å². The van der Waals surface area contributed by atoms with Gasteiger partial charge in [0, 0.05) is 18.4 Å². The normalized spacial score (nSPS) is 12.8. The van der Waals surface area contributed by atoms with Gasteiger partial charge in [0.2, 0.25) is 10.0 Å². The number of carboxylic acid groups (broad SMARTS) is 1. The van der Waals surface area contributed by atoms with E-state index in [1.807, 2.05) is 0 Å². The van der Waals surface area contributed by atoms with Crippen LogP contribution >= 0.6 is 11.6 Å². The number of nitrogens with zero attached hydrogens (tertiary/aromatic N) is 1. The van der Waals surface area contributed by atoms with Gasteiger partial charge >= 0.3 is 5.97 Å². The Morgan fingerprint density at radius 2 is 1.91 bits per heavy atom. The fourth-order valence-corrected chi connectivity index (χ4v) is 3.31. The average Bonchev–Trinajstić information content (AvgIpc) is 2.47. The molecule has 2 aromatic rings. The summed E-state index contributed by atoms with van der Waals surface area (Å²) in [5, 5.41) is 8.99. The minimum absolute atomic E-state index is 0.0198. The van der Waals surface area contributed by atoms with Crippen LogP contribution in [0.3, 0.4) is 0 Å². The zero-order valence-corrected chi connectivity index (χ0v) is 13.1. The molecule has 0 saturated heterocycles. The van der Waals surface area contributed by atoms with Gasteiger partial charge < -0.3 is 5.11 Å². The van der Waals surface area contributed by atoms with E-state index in [1.54, 1.807) is 31.5 Å². The Morgan fingerprint density at radius 3 is 2.50 bits per heavy atom. The largest absolute Gasteiger partial charge is 0.478 e. The number of aromatic carboxylic acids is 1.